The molecule has 0 spiro atoms. The predicted molar refractivity (Wildman–Crippen MR) is 103 cm³/mol. The van der Waals surface area contributed by atoms with E-state index in [0.29, 0.717) is 11.6 Å². The summed E-state index contributed by atoms with van der Waals surface area (Å²) in [5.74, 6) is -0.0362. The Morgan fingerprint density at radius 2 is 1.88 bits per heavy atom. The van der Waals surface area contributed by atoms with Gasteiger partial charge in [-0.05, 0) is 48.1 Å². The molecule has 0 saturated heterocycles. The molecule has 1 amide bonds. The average molecular weight is 367 g/mol. The maximum absolute atomic E-state index is 13.0. The Hall–Kier alpha value is -2.59. The molecule has 1 fully saturated rings. The maximum atomic E-state index is 13.0. The van der Waals surface area contributed by atoms with Gasteiger partial charge in [-0.25, -0.2) is 0 Å². The number of halogens is 1. The lowest BCUT2D eigenvalue weighted by molar-refractivity contribution is -0.133. The van der Waals surface area contributed by atoms with Gasteiger partial charge in [0.05, 0.1) is 5.52 Å². The van der Waals surface area contributed by atoms with Crippen LogP contribution in [0, 0.1) is 0 Å². The number of amides is 1. The Morgan fingerprint density at radius 1 is 1.08 bits per heavy atom. The van der Waals surface area contributed by atoms with Crippen LogP contribution in [-0.2, 0) is 17.9 Å². The maximum Gasteiger partial charge on any atom is 0.251 e. The van der Waals surface area contributed by atoms with Crippen molar-refractivity contribution in [1.29, 1.82) is 0 Å². The van der Waals surface area contributed by atoms with Crippen LogP contribution in [0.4, 0.5) is 0 Å². The number of carbonyl (C=O) groups excluding carboxylic acids is 1. The molecule has 0 radical (unpaired) electrons. The first-order chi connectivity index (χ1) is 12.6. The van der Waals surface area contributed by atoms with Gasteiger partial charge in [-0.3, -0.25) is 14.2 Å². The van der Waals surface area contributed by atoms with Crippen LogP contribution < -0.4 is 5.56 Å². The largest absolute Gasteiger partial charge is 0.334 e. The third-order valence-corrected chi connectivity index (χ3v) is 4.98. The molecule has 5 heteroatoms. The second-order valence-electron chi connectivity index (χ2n) is 6.70. The van der Waals surface area contributed by atoms with E-state index in [4.69, 9.17) is 11.6 Å². The van der Waals surface area contributed by atoms with Crippen LogP contribution in [0.5, 0.6) is 0 Å². The van der Waals surface area contributed by atoms with E-state index in [1.165, 1.54) is 6.07 Å². The van der Waals surface area contributed by atoms with Gasteiger partial charge in [0.15, 0.2) is 0 Å². The van der Waals surface area contributed by atoms with E-state index in [1.54, 1.807) is 10.6 Å². The van der Waals surface area contributed by atoms with E-state index in [2.05, 4.69) is 0 Å². The standard InChI is InChI=1S/C21H19ClN2O2/c22-17-6-3-4-15(12-17)13-23(18-9-10-18)21(26)14-24-19-7-2-1-5-16(19)8-11-20(24)25/h1-8,11-12,18H,9-10,13-14H2. The van der Waals surface area contributed by atoms with E-state index in [-0.39, 0.29) is 24.1 Å². The van der Waals surface area contributed by atoms with Crippen LogP contribution in [0.3, 0.4) is 0 Å². The van der Waals surface area contributed by atoms with Gasteiger partial charge in [0.25, 0.3) is 5.56 Å². The highest BCUT2D eigenvalue weighted by atomic mass is 35.5. The van der Waals surface area contributed by atoms with Crippen LogP contribution in [-0.4, -0.2) is 21.4 Å². The highest BCUT2D eigenvalue weighted by Gasteiger charge is 2.32. The molecule has 3 aromatic rings. The van der Waals surface area contributed by atoms with Crippen molar-refractivity contribution in [3.63, 3.8) is 0 Å². The minimum Gasteiger partial charge on any atom is -0.334 e. The summed E-state index contributed by atoms with van der Waals surface area (Å²) in [7, 11) is 0. The molecule has 0 atom stereocenters. The van der Waals surface area contributed by atoms with Crippen LogP contribution in [0.25, 0.3) is 10.9 Å². The molecule has 0 unspecified atom stereocenters. The summed E-state index contributed by atoms with van der Waals surface area (Å²) in [6, 6.07) is 18.8. The first kappa shape index (κ1) is 16.9. The molecule has 1 aromatic heterocycles. The summed E-state index contributed by atoms with van der Waals surface area (Å²) in [5, 5.41) is 1.61. The van der Waals surface area contributed by atoms with Gasteiger partial charge in [-0.15, -0.1) is 0 Å². The van der Waals surface area contributed by atoms with Crippen molar-refractivity contribution in [2.45, 2.75) is 32.0 Å². The van der Waals surface area contributed by atoms with E-state index >= 15 is 0 Å². The zero-order chi connectivity index (χ0) is 18.1. The fourth-order valence-corrected chi connectivity index (χ4v) is 3.49. The number of carbonyl (C=O) groups is 1. The van der Waals surface area contributed by atoms with E-state index in [1.807, 2.05) is 53.4 Å². The number of nitrogens with zero attached hydrogens (tertiary/aromatic N) is 2. The summed E-state index contributed by atoms with van der Waals surface area (Å²) in [6.45, 7) is 0.570. The van der Waals surface area contributed by atoms with E-state index in [0.717, 1.165) is 29.3 Å². The fourth-order valence-electron chi connectivity index (χ4n) is 3.27. The lowest BCUT2D eigenvalue weighted by Gasteiger charge is -2.23. The Morgan fingerprint density at radius 3 is 2.65 bits per heavy atom. The lowest BCUT2D eigenvalue weighted by atomic mass is 10.2. The topological polar surface area (TPSA) is 42.3 Å². The second-order valence-corrected chi connectivity index (χ2v) is 7.14. The average Bonchev–Trinajstić information content (AvgIpc) is 3.47. The number of aromatic nitrogens is 1. The quantitative estimate of drug-likeness (QED) is 0.688. The van der Waals surface area contributed by atoms with Gasteiger partial charge in [-0.2, -0.15) is 0 Å². The number of hydrogen-bond donors (Lipinski definition) is 0. The minimum atomic E-state index is -0.157. The molecule has 4 rings (SSSR count). The van der Waals surface area contributed by atoms with Crippen molar-refractivity contribution in [2.75, 3.05) is 0 Å². The molecule has 0 aliphatic heterocycles. The smallest absolute Gasteiger partial charge is 0.251 e. The van der Waals surface area contributed by atoms with E-state index in [9.17, 15) is 9.59 Å². The normalized spacial score (nSPS) is 13.7. The Kier molecular flexibility index (Phi) is 4.51. The molecule has 26 heavy (non-hydrogen) atoms. The number of para-hydroxylation sites is 1. The Balaban J connectivity index is 1.62. The summed E-state index contributed by atoms with van der Waals surface area (Å²) in [6.07, 6.45) is 2.02. The number of pyridine rings is 1. The number of fused-ring (bicyclic) bond motifs is 1. The van der Waals surface area contributed by atoms with Crippen LogP contribution in [0.15, 0.2) is 65.5 Å². The van der Waals surface area contributed by atoms with Gasteiger partial charge in [-0.1, -0.05) is 41.9 Å². The molecule has 0 N–H and O–H groups in total. The van der Waals surface area contributed by atoms with Crippen molar-refractivity contribution < 1.29 is 4.79 Å². The highest BCUT2D eigenvalue weighted by molar-refractivity contribution is 6.30. The third-order valence-electron chi connectivity index (χ3n) is 4.74. The zero-order valence-electron chi connectivity index (χ0n) is 14.3. The lowest BCUT2D eigenvalue weighted by Crippen LogP contribution is -2.37. The summed E-state index contributed by atoms with van der Waals surface area (Å²) in [5.41, 5.74) is 1.63. The van der Waals surface area contributed by atoms with Gasteiger partial charge in [0.2, 0.25) is 5.91 Å². The molecule has 1 aliphatic carbocycles. The molecule has 1 heterocycles. The fraction of sp³-hybridized carbons (Fsp3) is 0.238. The minimum absolute atomic E-state index is 0.0362. The molecular formula is C21H19ClN2O2. The summed E-state index contributed by atoms with van der Waals surface area (Å²) in [4.78, 5) is 27.2. The predicted octanol–water partition coefficient (Wildman–Crippen LogP) is 3.85. The number of hydrogen-bond acceptors (Lipinski definition) is 2. The van der Waals surface area contributed by atoms with E-state index < -0.39 is 0 Å². The van der Waals surface area contributed by atoms with Gasteiger partial charge >= 0.3 is 0 Å². The van der Waals surface area contributed by atoms with Crippen molar-refractivity contribution in [1.82, 2.24) is 9.47 Å². The zero-order valence-corrected chi connectivity index (χ0v) is 15.0. The summed E-state index contributed by atoms with van der Waals surface area (Å²) >= 11 is 6.07. The van der Waals surface area contributed by atoms with Gasteiger partial charge in [0, 0.05) is 23.7 Å². The number of benzene rings is 2. The molecule has 132 valence electrons. The molecule has 2 aromatic carbocycles. The van der Waals surface area contributed by atoms with Crippen LogP contribution >= 0.6 is 11.6 Å². The van der Waals surface area contributed by atoms with Crippen LogP contribution in [0.1, 0.15) is 18.4 Å². The van der Waals surface area contributed by atoms with Crippen LogP contribution in [0.2, 0.25) is 5.02 Å². The van der Waals surface area contributed by atoms with Gasteiger partial charge in [0.1, 0.15) is 6.54 Å². The second kappa shape index (κ2) is 6.96. The SMILES string of the molecule is O=C(Cn1c(=O)ccc2ccccc21)N(Cc1cccc(Cl)c1)C1CC1. The molecular weight excluding hydrogens is 348 g/mol. The van der Waals surface area contributed by atoms with Crippen molar-refractivity contribution in [2.24, 2.45) is 0 Å². The van der Waals surface area contributed by atoms with Crippen molar-refractivity contribution >= 4 is 28.4 Å². The highest BCUT2D eigenvalue weighted by Crippen LogP contribution is 2.29. The summed E-state index contributed by atoms with van der Waals surface area (Å²) < 4.78 is 1.56. The monoisotopic (exact) mass is 366 g/mol. The van der Waals surface area contributed by atoms with Crippen molar-refractivity contribution in [3.05, 3.63) is 81.6 Å². The van der Waals surface area contributed by atoms with Gasteiger partial charge < -0.3 is 4.90 Å². The number of rotatable bonds is 5. The molecule has 1 saturated carbocycles. The first-order valence-corrected chi connectivity index (χ1v) is 9.12. The molecule has 0 bridgehead atoms. The molecule has 1 aliphatic rings. The molecule has 4 nitrogen and oxygen atoms in total. The van der Waals surface area contributed by atoms with Crippen molar-refractivity contribution in [3.8, 4) is 0 Å². The first-order valence-electron chi connectivity index (χ1n) is 8.74. The Labute approximate surface area is 156 Å². The Bertz CT molecular complexity index is 1020. The third kappa shape index (κ3) is 3.51.